The molecule has 1 fully saturated rings. The number of alkyl halides is 3. The van der Waals surface area contributed by atoms with Gasteiger partial charge in [-0.1, -0.05) is 6.07 Å². The van der Waals surface area contributed by atoms with Gasteiger partial charge in [0, 0.05) is 38.9 Å². The lowest BCUT2D eigenvalue weighted by Gasteiger charge is -2.35. The van der Waals surface area contributed by atoms with Gasteiger partial charge in [0.1, 0.15) is 0 Å². The molecule has 0 amide bonds. The van der Waals surface area contributed by atoms with Crippen LogP contribution in [0.5, 0.6) is 0 Å². The van der Waals surface area contributed by atoms with Gasteiger partial charge in [-0.25, -0.2) is 0 Å². The minimum absolute atomic E-state index is 0.327. The van der Waals surface area contributed by atoms with Crippen LogP contribution in [-0.4, -0.2) is 49.6 Å². The molecule has 6 nitrogen and oxygen atoms in total. The average Bonchev–Trinajstić information content (AvgIpc) is 3.03. The lowest BCUT2D eigenvalue weighted by Crippen LogP contribution is -2.47. The maximum Gasteiger partial charge on any atom is 0.416 e. The van der Waals surface area contributed by atoms with Crippen molar-refractivity contribution < 1.29 is 17.7 Å². The lowest BCUT2D eigenvalue weighted by atomic mass is 10.1. The zero-order chi connectivity index (χ0) is 17.2. The summed E-state index contributed by atoms with van der Waals surface area (Å²) in [4.78, 5) is 11.9. The SMILES string of the molecule is CN=Cc1nc(N2CCN(c3cccc(C(F)(F)F)c3)CC2)no1. The fraction of sp³-hybridized carbons (Fsp3) is 0.400. The average molecular weight is 339 g/mol. The summed E-state index contributed by atoms with van der Waals surface area (Å²) < 4.78 is 43.5. The Bertz CT molecular complexity index is 720. The molecule has 0 aliphatic carbocycles. The number of hydrogen-bond donors (Lipinski definition) is 0. The molecule has 0 bridgehead atoms. The van der Waals surface area contributed by atoms with Gasteiger partial charge in [0.05, 0.1) is 11.8 Å². The lowest BCUT2D eigenvalue weighted by molar-refractivity contribution is -0.137. The van der Waals surface area contributed by atoms with Gasteiger partial charge in [0.15, 0.2) is 0 Å². The van der Waals surface area contributed by atoms with Gasteiger partial charge in [-0.15, -0.1) is 0 Å². The second-order valence-corrected chi connectivity index (χ2v) is 5.34. The number of piperazine rings is 1. The Balaban J connectivity index is 1.66. The van der Waals surface area contributed by atoms with Crippen LogP contribution < -0.4 is 9.80 Å². The number of halogens is 3. The second-order valence-electron chi connectivity index (χ2n) is 5.34. The smallest absolute Gasteiger partial charge is 0.368 e. The van der Waals surface area contributed by atoms with Crippen LogP contribution in [0.15, 0.2) is 33.8 Å². The molecule has 2 heterocycles. The largest absolute Gasteiger partial charge is 0.416 e. The van der Waals surface area contributed by atoms with E-state index < -0.39 is 11.7 Å². The Morgan fingerprint density at radius 1 is 1.17 bits per heavy atom. The molecule has 1 aromatic carbocycles. The summed E-state index contributed by atoms with van der Waals surface area (Å²) in [5.41, 5.74) is -0.0690. The van der Waals surface area contributed by atoms with E-state index in [1.807, 2.05) is 9.80 Å². The number of aliphatic imine (C=N–C) groups is 1. The maximum absolute atomic E-state index is 12.8. The number of nitrogens with zero attached hydrogens (tertiary/aromatic N) is 5. The molecule has 128 valence electrons. The van der Waals surface area contributed by atoms with E-state index in [4.69, 9.17) is 4.52 Å². The first-order chi connectivity index (χ1) is 11.5. The Hall–Kier alpha value is -2.58. The van der Waals surface area contributed by atoms with Gasteiger partial charge in [-0.05, 0) is 23.4 Å². The standard InChI is InChI=1S/C15H16F3N5O/c1-19-10-13-20-14(21-24-13)23-7-5-22(6-8-23)12-4-2-3-11(9-12)15(16,17)18/h2-4,9-10H,5-8H2,1H3. The monoisotopic (exact) mass is 339 g/mol. The summed E-state index contributed by atoms with van der Waals surface area (Å²) in [5, 5.41) is 3.88. The molecule has 1 saturated heterocycles. The maximum atomic E-state index is 12.8. The van der Waals surface area contributed by atoms with Crippen LogP contribution in [-0.2, 0) is 6.18 Å². The summed E-state index contributed by atoms with van der Waals surface area (Å²) >= 11 is 0. The Kier molecular flexibility index (Phi) is 4.41. The van der Waals surface area contributed by atoms with E-state index in [9.17, 15) is 13.2 Å². The molecule has 0 spiro atoms. The molecule has 0 atom stereocenters. The zero-order valence-corrected chi connectivity index (χ0v) is 13.0. The molecule has 0 unspecified atom stereocenters. The molecule has 3 rings (SSSR count). The topological polar surface area (TPSA) is 57.8 Å². The van der Waals surface area contributed by atoms with Crippen LogP contribution in [0.25, 0.3) is 0 Å². The minimum atomic E-state index is -4.33. The van der Waals surface area contributed by atoms with Gasteiger partial charge >= 0.3 is 6.18 Å². The van der Waals surface area contributed by atoms with Crippen LogP contribution in [0.2, 0.25) is 0 Å². The molecule has 24 heavy (non-hydrogen) atoms. The fourth-order valence-corrected chi connectivity index (χ4v) is 2.56. The number of rotatable bonds is 3. The normalized spacial score (nSPS) is 16.2. The predicted molar refractivity (Wildman–Crippen MR) is 83.7 cm³/mol. The van der Waals surface area contributed by atoms with E-state index in [1.165, 1.54) is 18.3 Å². The van der Waals surface area contributed by atoms with Crippen molar-refractivity contribution in [2.75, 3.05) is 43.0 Å². The minimum Gasteiger partial charge on any atom is -0.368 e. The first kappa shape index (κ1) is 16.3. The van der Waals surface area contributed by atoms with Crippen LogP contribution in [0.1, 0.15) is 11.5 Å². The van der Waals surface area contributed by atoms with Crippen molar-refractivity contribution in [3.8, 4) is 0 Å². The first-order valence-electron chi connectivity index (χ1n) is 7.40. The highest BCUT2D eigenvalue weighted by molar-refractivity contribution is 5.73. The summed E-state index contributed by atoms with van der Waals surface area (Å²) in [6.45, 7) is 2.34. The second kappa shape index (κ2) is 6.50. The molecular weight excluding hydrogens is 323 g/mol. The van der Waals surface area contributed by atoms with E-state index in [2.05, 4.69) is 15.1 Å². The summed E-state index contributed by atoms with van der Waals surface area (Å²) in [6.07, 6.45) is -2.87. The van der Waals surface area contributed by atoms with E-state index in [-0.39, 0.29) is 0 Å². The molecule has 1 aliphatic rings. The molecule has 0 radical (unpaired) electrons. The predicted octanol–water partition coefficient (Wildman–Crippen LogP) is 2.46. The van der Waals surface area contributed by atoms with Crippen molar-refractivity contribution in [1.82, 2.24) is 10.1 Å². The Labute approximate surface area is 136 Å². The van der Waals surface area contributed by atoms with Crippen molar-refractivity contribution in [1.29, 1.82) is 0 Å². The highest BCUT2D eigenvalue weighted by Gasteiger charge is 2.31. The van der Waals surface area contributed by atoms with Gasteiger partial charge in [0.25, 0.3) is 11.8 Å². The van der Waals surface area contributed by atoms with E-state index in [0.29, 0.717) is 43.7 Å². The zero-order valence-electron chi connectivity index (χ0n) is 13.0. The Morgan fingerprint density at radius 3 is 2.54 bits per heavy atom. The summed E-state index contributed by atoms with van der Waals surface area (Å²) in [6, 6.07) is 5.38. The number of anilines is 2. The third-order valence-electron chi connectivity index (χ3n) is 3.77. The van der Waals surface area contributed by atoms with Crippen molar-refractivity contribution in [2.24, 2.45) is 4.99 Å². The van der Waals surface area contributed by atoms with Crippen LogP contribution >= 0.6 is 0 Å². The van der Waals surface area contributed by atoms with Crippen molar-refractivity contribution >= 4 is 17.9 Å². The number of hydrogen-bond acceptors (Lipinski definition) is 6. The highest BCUT2D eigenvalue weighted by atomic mass is 19.4. The number of benzene rings is 1. The molecule has 0 N–H and O–H groups in total. The molecule has 2 aromatic rings. The molecular formula is C15H16F3N5O. The molecule has 9 heteroatoms. The molecule has 1 aliphatic heterocycles. The van der Waals surface area contributed by atoms with Crippen molar-refractivity contribution in [3.05, 3.63) is 35.7 Å². The van der Waals surface area contributed by atoms with E-state index in [0.717, 1.165) is 6.07 Å². The van der Waals surface area contributed by atoms with E-state index in [1.54, 1.807) is 13.1 Å². The molecule has 0 saturated carbocycles. The van der Waals surface area contributed by atoms with Gasteiger partial charge in [-0.2, -0.15) is 18.2 Å². The van der Waals surface area contributed by atoms with E-state index >= 15 is 0 Å². The summed E-state index contributed by atoms with van der Waals surface area (Å²) in [7, 11) is 1.61. The Morgan fingerprint density at radius 2 is 1.88 bits per heavy atom. The molecule has 1 aromatic heterocycles. The third kappa shape index (κ3) is 3.50. The van der Waals surface area contributed by atoms with Crippen LogP contribution in [0.4, 0.5) is 24.8 Å². The third-order valence-corrected chi connectivity index (χ3v) is 3.77. The first-order valence-corrected chi connectivity index (χ1v) is 7.40. The van der Waals surface area contributed by atoms with Crippen LogP contribution in [0.3, 0.4) is 0 Å². The van der Waals surface area contributed by atoms with Crippen molar-refractivity contribution in [3.63, 3.8) is 0 Å². The highest BCUT2D eigenvalue weighted by Crippen LogP contribution is 2.32. The van der Waals surface area contributed by atoms with Crippen molar-refractivity contribution in [2.45, 2.75) is 6.18 Å². The van der Waals surface area contributed by atoms with Gasteiger partial charge in [-0.3, -0.25) is 4.99 Å². The number of aromatic nitrogens is 2. The summed E-state index contributed by atoms with van der Waals surface area (Å²) in [5.74, 6) is 0.793. The quantitative estimate of drug-likeness (QED) is 0.804. The van der Waals surface area contributed by atoms with Crippen LogP contribution in [0, 0.1) is 0 Å². The van der Waals surface area contributed by atoms with Gasteiger partial charge in [0.2, 0.25) is 0 Å². The fourth-order valence-electron chi connectivity index (χ4n) is 2.56. The van der Waals surface area contributed by atoms with Gasteiger partial charge < -0.3 is 14.3 Å².